The fourth-order valence-corrected chi connectivity index (χ4v) is 4.98. The Hall–Kier alpha value is -1.96. The van der Waals surface area contributed by atoms with Crippen LogP contribution in [0.1, 0.15) is 51.0 Å². The van der Waals surface area contributed by atoms with Crippen LogP contribution in [-0.4, -0.2) is 33.0 Å². The summed E-state index contributed by atoms with van der Waals surface area (Å²) in [4.78, 5) is 16.2. The molecule has 0 amide bonds. The maximum Gasteiger partial charge on any atom is 0.308 e. The number of esters is 1. The average Bonchev–Trinajstić information content (AvgIpc) is 2.79. The van der Waals surface area contributed by atoms with E-state index in [-0.39, 0.29) is 16.8 Å². The van der Waals surface area contributed by atoms with Crippen molar-refractivity contribution in [1.82, 2.24) is 9.71 Å². The van der Waals surface area contributed by atoms with Crippen molar-refractivity contribution in [1.29, 1.82) is 0 Å². The first-order valence-electron chi connectivity index (χ1n) is 11.0. The quantitative estimate of drug-likeness (QED) is 0.303. The highest BCUT2D eigenvalue weighted by molar-refractivity contribution is 7.89. The molecule has 1 heterocycles. The zero-order chi connectivity index (χ0) is 23.4. The van der Waals surface area contributed by atoms with Crippen molar-refractivity contribution in [3.63, 3.8) is 0 Å². The number of carbonyl (C=O) groups excluding carboxylic acids is 1. The van der Waals surface area contributed by atoms with Crippen LogP contribution < -0.4 is 4.72 Å². The molecule has 0 saturated heterocycles. The van der Waals surface area contributed by atoms with E-state index in [0.29, 0.717) is 17.5 Å². The first-order chi connectivity index (χ1) is 15.3. The summed E-state index contributed by atoms with van der Waals surface area (Å²) in [5, 5.41) is 0.500. The number of hydrogen-bond acceptors (Lipinski definition) is 5. The number of rotatable bonds is 14. The first kappa shape index (κ1) is 26.3. The molecule has 2 aromatic rings. The number of carbonyl (C=O) groups is 1. The normalized spacial score (nSPS) is 13.5. The number of unbranched alkanes of at least 4 members (excludes halogenated alkanes) is 1. The lowest BCUT2D eigenvalue weighted by atomic mass is 9.87. The third-order valence-electron chi connectivity index (χ3n) is 5.55. The fraction of sp³-hybridized carbons (Fsp3) is 0.500. The smallest absolute Gasteiger partial charge is 0.308 e. The lowest BCUT2D eigenvalue weighted by Crippen LogP contribution is -2.25. The zero-order valence-electron chi connectivity index (χ0n) is 18.8. The Morgan fingerprint density at radius 2 is 1.84 bits per heavy atom. The molecule has 1 N–H and O–H groups in total. The van der Waals surface area contributed by atoms with Gasteiger partial charge in [0.1, 0.15) is 0 Å². The van der Waals surface area contributed by atoms with Crippen LogP contribution in [0.3, 0.4) is 0 Å². The van der Waals surface area contributed by atoms with Gasteiger partial charge in [0.25, 0.3) is 0 Å². The minimum Gasteiger partial charge on any atom is -0.469 e. The van der Waals surface area contributed by atoms with Crippen LogP contribution in [0.2, 0.25) is 5.02 Å². The van der Waals surface area contributed by atoms with E-state index in [1.807, 2.05) is 19.2 Å². The van der Waals surface area contributed by atoms with E-state index in [1.165, 1.54) is 24.8 Å². The van der Waals surface area contributed by atoms with Crippen molar-refractivity contribution >= 4 is 27.6 Å². The highest BCUT2D eigenvalue weighted by atomic mass is 35.5. The van der Waals surface area contributed by atoms with Gasteiger partial charge in [-0.2, -0.15) is 0 Å². The number of pyridine rings is 1. The molecule has 0 radical (unpaired) electrons. The van der Waals surface area contributed by atoms with Crippen molar-refractivity contribution < 1.29 is 17.9 Å². The van der Waals surface area contributed by atoms with Gasteiger partial charge in [-0.25, -0.2) is 13.1 Å². The van der Waals surface area contributed by atoms with E-state index in [1.54, 1.807) is 18.3 Å². The van der Waals surface area contributed by atoms with Gasteiger partial charge in [0.15, 0.2) is 0 Å². The molecule has 1 aromatic heterocycles. The number of ether oxygens (including phenoxy) is 1. The van der Waals surface area contributed by atoms with Crippen molar-refractivity contribution in [2.75, 3.05) is 13.7 Å². The van der Waals surface area contributed by atoms with Gasteiger partial charge in [-0.15, -0.1) is 0 Å². The largest absolute Gasteiger partial charge is 0.469 e. The average molecular weight is 481 g/mol. The minimum atomic E-state index is -3.53. The molecule has 1 aromatic carbocycles. The van der Waals surface area contributed by atoms with Crippen LogP contribution in [0.15, 0.2) is 53.7 Å². The van der Waals surface area contributed by atoms with E-state index < -0.39 is 10.0 Å². The number of nitrogens with zero attached hydrogens (tertiary/aromatic N) is 1. The van der Waals surface area contributed by atoms with Crippen molar-refractivity contribution in [2.45, 2.75) is 56.8 Å². The van der Waals surface area contributed by atoms with Gasteiger partial charge in [0.2, 0.25) is 10.0 Å². The molecule has 2 rings (SSSR count). The molecule has 0 aliphatic heterocycles. The van der Waals surface area contributed by atoms with Crippen molar-refractivity contribution in [3.05, 3.63) is 59.4 Å². The Morgan fingerprint density at radius 1 is 1.12 bits per heavy atom. The molecule has 0 fully saturated rings. The van der Waals surface area contributed by atoms with Crippen LogP contribution in [0.25, 0.3) is 0 Å². The van der Waals surface area contributed by atoms with Gasteiger partial charge in [0.05, 0.1) is 17.9 Å². The molecule has 8 heteroatoms. The van der Waals surface area contributed by atoms with Gasteiger partial charge in [-0.1, -0.05) is 43.9 Å². The Labute approximate surface area is 196 Å². The highest BCUT2D eigenvalue weighted by Gasteiger charge is 2.19. The van der Waals surface area contributed by atoms with Crippen LogP contribution in [0.5, 0.6) is 0 Å². The highest BCUT2D eigenvalue weighted by Crippen LogP contribution is 2.25. The predicted molar refractivity (Wildman–Crippen MR) is 127 cm³/mol. The van der Waals surface area contributed by atoms with Gasteiger partial charge in [0, 0.05) is 24.0 Å². The molecular formula is C24H33ClN2O4S. The summed E-state index contributed by atoms with van der Waals surface area (Å²) in [6.45, 7) is 2.28. The molecule has 32 heavy (non-hydrogen) atoms. The van der Waals surface area contributed by atoms with Crippen LogP contribution in [0.4, 0.5) is 0 Å². The second kappa shape index (κ2) is 13.6. The SMILES string of the molecule is COC(=O)C(C)CC(CCCCNS(=O)(=O)c1ccc(Cl)cc1)CCCc1cccnc1. The van der Waals surface area contributed by atoms with E-state index in [0.717, 1.165) is 44.9 Å². The Balaban J connectivity index is 1.79. The van der Waals surface area contributed by atoms with E-state index in [9.17, 15) is 13.2 Å². The Morgan fingerprint density at radius 3 is 2.50 bits per heavy atom. The summed E-state index contributed by atoms with van der Waals surface area (Å²) in [5.41, 5.74) is 1.21. The number of hydrogen-bond donors (Lipinski definition) is 1. The lowest BCUT2D eigenvalue weighted by molar-refractivity contribution is -0.145. The number of halogens is 1. The van der Waals surface area contributed by atoms with E-state index >= 15 is 0 Å². The monoisotopic (exact) mass is 480 g/mol. The topological polar surface area (TPSA) is 85.4 Å². The molecule has 0 bridgehead atoms. The third-order valence-corrected chi connectivity index (χ3v) is 7.28. The summed E-state index contributed by atoms with van der Waals surface area (Å²) >= 11 is 5.83. The molecule has 0 aliphatic carbocycles. The second-order valence-corrected chi connectivity index (χ2v) is 10.3. The second-order valence-electron chi connectivity index (χ2n) is 8.13. The van der Waals surface area contributed by atoms with Crippen molar-refractivity contribution in [2.24, 2.45) is 11.8 Å². The third kappa shape index (κ3) is 9.27. The molecule has 2 atom stereocenters. The van der Waals surface area contributed by atoms with Crippen LogP contribution in [0, 0.1) is 11.8 Å². The number of aromatic nitrogens is 1. The molecule has 0 saturated carbocycles. The van der Waals surface area contributed by atoms with Gasteiger partial charge in [-0.05, 0) is 67.5 Å². The van der Waals surface area contributed by atoms with Gasteiger partial charge >= 0.3 is 5.97 Å². The number of benzene rings is 1. The van der Waals surface area contributed by atoms with Crippen LogP contribution >= 0.6 is 11.6 Å². The van der Waals surface area contributed by atoms with Gasteiger partial charge < -0.3 is 4.74 Å². The predicted octanol–water partition coefficient (Wildman–Crippen LogP) is 5.02. The molecule has 0 aliphatic rings. The first-order valence-corrected chi connectivity index (χ1v) is 12.9. The minimum absolute atomic E-state index is 0.146. The standard InChI is InChI=1S/C24H33ClN2O4S/c1-19(24(28)31-2)17-20(8-5-9-21-10-6-15-26-18-21)7-3-4-16-27-32(29,30)23-13-11-22(25)12-14-23/h6,10-15,18-20,27H,3-5,7-9,16-17H2,1-2H3. The number of aryl methyl sites for hydroxylation is 1. The zero-order valence-corrected chi connectivity index (χ0v) is 20.4. The van der Waals surface area contributed by atoms with Gasteiger partial charge in [-0.3, -0.25) is 9.78 Å². The molecular weight excluding hydrogens is 448 g/mol. The summed E-state index contributed by atoms with van der Waals surface area (Å²) in [7, 11) is -2.11. The molecule has 0 spiro atoms. The van der Waals surface area contributed by atoms with Crippen LogP contribution in [-0.2, 0) is 26.0 Å². The number of nitrogens with one attached hydrogen (secondary N) is 1. The Bertz CT molecular complexity index is 921. The maximum absolute atomic E-state index is 12.4. The van der Waals surface area contributed by atoms with E-state index in [4.69, 9.17) is 16.3 Å². The lowest BCUT2D eigenvalue weighted by Gasteiger charge is -2.20. The summed E-state index contributed by atoms with van der Waals surface area (Å²) in [6.07, 6.45) is 9.97. The van der Waals surface area contributed by atoms with E-state index in [2.05, 4.69) is 15.8 Å². The summed E-state index contributed by atoms with van der Waals surface area (Å²) in [6, 6.07) is 10.1. The fourth-order valence-electron chi connectivity index (χ4n) is 3.78. The molecule has 176 valence electrons. The molecule has 2 unspecified atom stereocenters. The van der Waals surface area contributed by atoms with Crippen molar-refractivity contribution in [3.8, 4) is 0 Å². The Kier molecular flexibility index (Phi) is 11.1. The number of methoxy groups -OCH3 is 1. The number of sulfonamides is 1. The molecule has 6 nitrogen and oxygen atoms in total. The maximum atomic E-state index is 12.4. The summed E-state index contributed by atoms with van der Waals surface area (Å²) in [5.74, 6) is 0.0541. The summed E-state index contributed by atoms with van der Waals surface area (Å²) < 4.78 is 32.3.